The highest BCUT2D eigenvalue weighted by molar-refractivity contribution is 4.95. The van der Waals surface area contributed by atoms with E-state index >= 15 is 0 Å². The molecule has 0 aliphatic rings. The van der Waals surface area contributed by atoms with Gasteiger partial charge >= 0.3 is 0 Å². The quantitative estimate of drug-likeness (QED) is 0.649. The first kappa shape index (κ1) is 16.2. The van der Waals surface area contributed by atoms with Gasteiger partial charge in [-0.05, 0) is 24.2 Å². The van der Waals surface area contributed by atoms with Crippen molar-refractivity contribution in [1.82, 2.24) is 15.0 Å². The van der Waals surface area contributed by atoms with Gasteiger partial charge in [0.1, 0.15) is 0 Å². The SMILES string of the molecule is CC(C)CCCCCCn1cc(CC(C)(C)C)nn1. The molecule has 1 heterocycles. The number of rotatable bonds is 8. The molecule has 3 heteroatoms. The second kappa shape index (κ2) is 7.66. The van der Waals surface area contributed by atoms with Gasteiger partial charge in [0.2, 0.25) is 0 Å². The second-order valence-electron chi connectivity index (χ2n) is 7.31. The van der Waals surface area contributed by atoms with Crippen LogP contribution in [-0.2, 0) is 13.0 Å². The summed E-state index contributed by atoms with van der Waals surface area (Å²) in [7, 11) is 0. The van der Waals surface area contributed by atoms with E-state index < -0.39 is 0 Å². The Morgan fingerprint density at radius 1 is 1.11 bits per heavy atom. The zero-order chi connectivity index (χ0) is 14.3. The summed E-state index contributed by atoms with van der Waals surface area (Å²) in [6.45, 7) is 12.3. The summed E-state index contributed by atoms with van der Waals surface area (Å²) in [5, 5.41) is 8.47. The van der Waals surface area contributed by atoms with Crippen LogP contribution >= 0.6 is 0 Å². The fraction of sp³-hybridized carbons (Fsp3) is 0.875. The number of hydrogen-bond acceptors (Lipinski definition) is 2. The molecule has 0 aliphatic heterocycles. The Kier molecular flexibility index (Phi) is 6.53. The lowest BCUT2D eigenvalue weighted by molar-refractivity contribution is 0.406. The minimum Gasteiger partial charge on any atom is -0.252 e. The molecule has 0 saturated carbocycles. The lowest BCUT2D eigenvalue weighted by atomic mass is 9.91. The van der Waals surface area contributed by atoms with E-state index in [1.807, 2.05) is 4.68 Å². The normalized spacial score (nSPS) is 12.3. The highest BCUT2D eigenvalue weighted by Crippen LogP contribution is 2.18. The molecule has 0 unspecified atom stereocenters. The van der Waals surface area contributed by atoms with E-state index in [0.29, 0.717) is 0 Å². The van der Waals surface area contributed by atoms with Crippen molar-refractivity contribution in [2.24, 2.45) is 11.3 Å². The molecule has 3 nitrogen and oxygen atoms in total. The third-order valence-corrected chi connectivity index (χ3v) is 3.22. The van der Waals surface area contributed by atoms with Crippen LogP contribution in [0, 0.1) is 11.3 Å². The topological polar surface area (TPSA) is 30.7 Å². The summed E-state index contributed by atoms with van der Waals surface area (Å²) in [6, 6.07) is 0. The number of nitrogens with zero attached hydrogens (tertiary/aromatic N) is 3. The van der Waals surface area contributed by atoms with Gasteiger partial charge in [0.25, 0.3) is 0 Å². The fourth-order valence-corrected chi connectivity index (χ4v) is 2.25. The van der Waals surface area contributed by atoms with Crippen LogP contribution < -0.4 is 0 Å². The van der Waals surface area contributed by atoms with Crippen LogP contribution in [0.5, 0.6) is 0 Å². The summed E-state index contributed by atoms with van der Waals surface area (Å²) in [5.74, 6) is 0.843. The van der Waals surface area contributed by atoms with Gasteiger partial charge in [-0.2, -0.15) is 0 Å². The maximum atomic E-state index is 4.25. The van der Waals surface area contributed by atoms with Crippen LogP contribution in [0.2, 0.25) is 0 Å². The molecule has 0 radical (unpaired) electrons. The van der Waals surface area contributed by atoms with Gasteiger partial charge in [0.05, 0.1) is 5.69 Å². The van der Waals surface area contributed by atoms with Crippen LogP contribution in [0.15, 0.2) is 6.20 Å². The van der Waals surface area contributed by atoms with Gasteiger partial charge in [0, 0.05) is 12.7 Å². The maximum absolute atomic E-state index is 4.25. The van der Waals surface area contributed by atoms with Crippen LogP contribution in [0.25, 0.3) is 0 Å². The highest BCUT2D eigenvalue weighted by Gasteiger charge is 2.13. The largest absolute Gasteiger partial charge is 0.252 e. The molecule has 0 bridgehead atoms. The highest BCUT2D eigenvalue weighted by atomic mass is 15.4. The van der Waals surface area contributed by atoms with Gasteiger partial charge in [-0.1, -0.05) is 65.5 Å². The van der Waals surface area contributed by atoms with Gasteiger partial charge in [-0.3, -0.25) is 4.68 Å². The van der Waals surface area contributed by atoms with Crippen LogP contribution in [-0.4, -0.2) is 15.0 Å². The van der Waals surface area contributed by atoms with Crippen molar-refractivity contribution < 1.29 is 0 Å². The predicted octanol–water partition coefficient (Wildman–Crippen LogP) is 4.47. The van der Waals surface area contributed by atoms with Crippen LogP contribution in [0.3, 0.4) is 0 Å². The van der Waals surface area contributed by atoms with E-state index in [-0.39, 0.29) is 5.41 Å². The van der Waals surface area contributed by atoms with Gasteiger partial charge in [0.15, 0.2) is 0 Å². The summed E-state index contributed by atoms with van der Waals surface area (Å²) >= 11 is 0. The monoisotopic (exact) mass is 265 g/mol. The van der Waals surface area contributed by atoms with Gasteiger partial charge in [-0.25, -0.2) is 0 Å². The van der Waals surface area contributed by atoms with E-state index in [9.17, 15) is 0 Å². The number of hydrogen-bond donors (Lipinski definition) is 0. The van der Waals surface area contributed by atoms with Crippen LogP contribution in [0.1, 0.15) is 72.4 Å². The molecule has 0 aliphatic carbocycles. The minimum atomic E-state index is 0.289. The van der Waals surface area contributed by atoms with Crippen molar-refractivity contribution in [3.05, 3.63) is 11.9 Å². The molecule has 0 aromatic carbocycles. The molecular formula is C16H31N3. The van der Waals surface area contributed by atoms with Crippen LogP contribution in [0.4, 0.5) is 0 Å². The maximum Gasteiger partial charge on any atom is 0.0832 e. The lowest BCUT2D eigenvalue weighted by Crippen LogP contribution is -2.09. The molecular weight excluding hydrogens is 234 g/mol. The van der Waals surface area contributed by atoms with Crippen molar-refractivity contribution in [3.63, 3.8) is 0 Å². The molecule has 1 aromatic rings. The number of unbranched alkanes of at least 4 members (excludes halogenated alkanes) is 3. The van der Waals surface area contributed by atoms with E-state index in [4.69, 9.17) is 0 Å². The van der Waals surface area contributed by atoms with Crippen molar-refractivity contribution in [2.45, 2.75) is 79.7 Å². The van der Waals surface area contributed by atoms with Crippen molar-refractivity contribution in [2.75, 3.05) is 0 Å². The molecule has 110 valence electrons. The first-order valence-electron chi connectivity index (χ1n) is 7.76. The summed E-state index contributed by atoms with van der Waals surface area (Å²) in [6.07, 6.45) is 9.71. The summed E-state index contributed by atoms with van der Waals surface area (Å²) in [4.78, 5) is 0. The lowest BCUT2D eigenvalue weighted by Gasteiger charge is -2.15. The third-order valence-electron chi connectivity index (χ3n) is 3.22. The zero-order valence-electron chi connectivity index (χ0n) is 13.4. The first-order valence-corrected chi connectivity index (χ1v) is 7.76. The van der Waals surface area contributed by atoms with Crippen molar-refractivity contribution in [1.29, 1.82) is 0 Å². The predicted molar refractivity (Wildman–Crippen MR) is 81.1 cm³/mol. The van der Waals surface area contributed by atoms with Crippen molar-refractivity contribution in [3.8, 4) is 0 Å². The van der Waals surface area contributed by atoms with Gasteiger partial charge in [-0.15, -0.1) is 5.10 Å². The Bertz CT molecular complexity index is 347. The molecule has 0 atom stereocenters. The van der Waals surface area contributed by atoms with E-state index in [0.717, 1.165) is 24.6 Å². The summed E-state index contributed by atoms with van der Waals surface area (Å²) in [5.41, 5.74) is 1.41. The van der Waals surface area contributed by atoms with E-state index in [1.54, 1.807) is 0 Å². The van der Waals surface area contributed by atoms with Crippen molar-refractivity contribution >= 4 is 0 Å². The average Bonchev–Trinajstić information content (AvgIpc) is 2.68. The first-order chi connectivity index (χ1) is 8.87. The Balaban J connectivity index is 2.16. The number of aromatic nitrogens is 3. The minimum absolute atomic E-state index is 0.289. The number of aryl methyl sites for hydroxylation is 1. The zero-order valence-corrected chi connectivity index (χ0v) is 13.4. The average molecular weight is 265 g/mol. The smallest absolute Gasteiger partial charge is 0.0832 e. The van der Waals surface area contributed by atoms with E-state index in [2.05, 4.69) is 51.1 Å². The Hall–Kier alpha value is -0.860. The Morgan fingerprint density at radius 2 is 1.79 bits per heavy atom. The second-order valence-corrected chi connectivity index (χ2v) is 7.31. The molecule has 0 fully saturated rings. The Morgan fingerprint density at radius 3 is 2.42 bits per heavy atom. The molecule has 0 saturated heterocycles. The standard InChI is InChI=1S/C16H31N3/c1-14(2)10-8-6-7-9-11-19-13-15(17-18-19)12-16(3,4)5/h13-14H,6-12H2,1-5H3. The molecule has 1 rings (SSSR count). The van der Waals surface area contributed by atoms with E-state index in [1.165, 1.54) is 32.1 Å². The van der Waals surface area contributed by atoms with Gasteiger partial charge < -0.3 is 0 Å². The molecule has 19 heavy (non-hydrogen) atoms. The Labute approximate surface area is 118 Å². The molecule has 0 amide bonds. The molecule has 1 aromatic heterocycles. The summed E-state index contributed by atoms with van der Waals surface area (Å²) < 4.78 is 2.00. The molecule has 0 N–H and O–H groups in total. The molecule has 0 spiro atoms. The third kappa shape index (κ3) is 8.02. The fourth-order valence-electron chi connectivity index (χ4n) is 2.25.